The van der Waals surface area contributed by atoms with Crippen LogP contribution in [0.1, 0.15) is 23.9 Å². The van der Waals surface area contributed by atoms with E-state index in [1.165, 1.54) is 0 Å². The molecular formula is C15H19ClN4O2. The van der Waals surface area contributed by atoms with E-state index in [1.54, 1.807) is 6.20 Å². The molecule has 22 heavy (non-hydrogen) atoms. The van der Waals surface area contributed by atoms with Crippen molar-refractivity contribution in [2.45, 2.75) is 26.7 Å². The summed E-state index contributed by atoms with van der Waals surface area (Å²) >= 11 is 6.17. The molecule has 7 heteroatoms. The predicted octanol–water partition coefficient (Wildman–Crippen LogP) is 2.36. The summed E-state index contributed by atoms with van der Waals surface area (Å²) in [6, 6.07) is 3.76. The lowest BCUT2D eigenvalue weighted by molar-refractivity contribution is -0.119. The van der Waals surface area contributed by atoms with Gasteiger partial charge >= 0.3 is 0 Å². The number of hydrogen-bond donors (Lipinski definition) is 2. The van der Waals surface area contributed by atoms with Crippen LogP contribution in [0.5, 0.6) is 0 Å². The molecule has 2 heterocycles. The zero-order valence-corrected chi connectivity index (χ0v) is 13.4. The maximum Gasteiger partial charge on any atom is 0.239 e. The Kier molecular flexibility index (Phi) is 5.77. The fourth-order valence-electron chi connectivity index (χ4n) is 2.00. The van der Waals surface area contributed by atoms with Gasteiger partial charge in [-0.05, 0) is 38.3 Å². The van der Waals surface area contributed by atoms with Gasteiger partial charge in [0.1, 0.15) is 11.6 Å². The number of amides is 1. The van der Waals surface area contributed by atoms with Crippen LogP contribution in [0, 0.1) is 6.92 Å². The number of carbonyl (C=O) groups excluding carboxylic acids is 1. The maximum absolute atomic E-state index is 11.4. The summed E-state index contributed by atoms with van der Waals surface area (Å²) < 4.78 is 5.04. The summed E-state index contributed by atoms with van der Waals surface area (Å²) in [5, 5.41) is 10.3. The molecule has 0 fully saturated rings. The molecule has 0 saturated carbocycles. The number of carbonyl (C=O) groups is 1. The third-order valence-electron chi connectivity index (χ3n) is 3.07. The van der Waals surface area contributed by atoms with Gasteiger partial charge in [-0.15, -0.1) is 0 Å². The number of anilines is 1. The van der Waals surface area contributed by atoms with Crippen LogP contribution in [0.4, 0.5) is 5.82 Å². The molecule has 2 aromatic heterocycles. The summed E-state index contributed by atoms with van der Waals surface area (Å²) in [5.41, 5.74) is 1.85. The molecule has 2 N–H and O–H groups in total. The van der Waals surface area contributed by atoms with E-state index in [1.807, 2.05) is 26.0 Å². The van der Waals surface area contributed by atoms with E-state index >= 15 is 0 Å². The number of rotatable bonds is 7. The Hall–Kier alpha value is -2.08. The van der Waals surface area contributed by atoms with Gasteiger partial charge in [0.05, 0.1) is 17.3 Å². The second-order valence-electron chi connectivity index (χ2n) is 4.90. The number of likely N-dealkylation sites (N-methyl/N-ethyl adjacent to an activating group) is 1. The smallest absolute Gasteiger partial charge is 0.239 e. The summed E-state index contributed by atoms with van der Waals surface area (Å²) in [4.78, 5) is 15.6. The van der Waals surface area contributed by atoms with Crippen LogP contribution in [0.2, 0.25) is 5.02 Å². The van der Waals surface area contributed by atoms with Crippen molar-refractivity contribution >= 4 is 23.3 Å². The average molecular weight is 323 g/mol. The normalized spacial score (nSPS) is 10.5. The lowest BCUT2D eigenvalue weighted by Crippen LogP contribution is -2.29. The molecule has 0 bridgehead atoms. The molecule has 0 atom stereocenters. The third-order valence-corrected chi connectivity index (χ3v) is 3.41. The van der Waals surface area contributed by atoms with Crippen molar-refractivity contribution in [2.75, 3.05) is 18.4 Å². The molecule has 2 rings (SSSR count). The highest BCUT2D eigenvalue weighted by molar-refractivity contribution is 6.31. The second-order valence-corrected chi connectivity index (χ2v) is 5.30. The third kappa shape index (κ3) is 4.73. The Morgan fingerprint density at radius 1 is 1.36 bits per heavy atom. The topological polar surface area (TPSA) is 80.0 Å². The molecule has 0 aliphatic heterocycles. The number of pyridine rings is 1. The van der Waals surface area contributed by atoms with Crippen molar-refractivity contribution in [1.29, 1.82) is 0 Å². The van der Waals surface area contributed by atoms with Crippen LogP contribution in [-0.4, -0.2) is 29.1 Å². The van der Waals surface area contributed by atoms with Crippen LogP contribution >= 0.6 is 11.6 Å². The summed E-state index contributed by atoms with van der Waals surface area (Å²) in [7, 11) is 0. The minimum atomic E-state index is -0.0705. The molecule has 0 unspecified atom stereocenters. The predicted molar refractivity (Wildman–Crippen MR) is 85.1 cm³/mol. The minimum Gasteiger partial charge on any atom is -0.361 e. The number of hydrogen-bond acceptors (Lipinski definition) is 5. The van der Waals surface area contributed by atoms with Crippen molar-refractivity contribution in [1.82, 2.24) is 15.5 Å². The van der Waals surface area contributed by atoms with Crippen LogP contribution in [-0.2, 0) is 17.6 Å². The van der Waals surface area contributed by atoms with Crippen molar-refractivity contribution in [2.24, 2.45) is 0 Å². The quantitative estimate of drug-likeness (QED) is 0.818. The number of nitrogens with zero attached hydrogens (tertiary/aromatic N) is 2. The second kappa shape index (κ2) is 7.79. The number of nitrogens with one attached hydrogen (secondary N) is 2. The summed E-state index contributed by atoms with van der Waals surface area (Å²) in [6.45, 7) is 4.53. The number of aromatic nitrogens is 2. The van der Waals surface area contributed by atoms with Gasteiger partial charge in [0.15, 0.2) is 0 Å². The first-order chi connectivity index (χ1) is 10.6. The monoisotopic (exact) mass is 322 g/mol. The van der Waals surface area contributed by atoms with Gasteiger partial charge in [0, 0.05) is 18.8 Å². The van der Waals surface area contributed by atoms with Gasteiger partial charge in [-0.2, -0.15) is 0 Å². The zero-order valence-electron chi connectivity index (χ0n) is 12.6. The standard InChI is InChI=1S/C15H19ClN4O2/c1-3-17-15(21)9-19-14-7-11(13(16)8-18-14)4-5-12-6-10(2)22-20-12/h6-8H,3-5,9H2,1-2H3,(H,17,21)(H,18,19). The molecule has 118 valence electrons. The first-order valence-corrected chi connectivity index (χ1v) is 7.53. The van der Waals surface area contributed by atoms with Crippen LogP contribution < -0.4 is 10.6 Å². The highest BCUT2D eigenvalue weighted by Gasteiger charge is 2.07. The van der Waals surface area contributed by atoms with Gasteiger partial charge in [0.2, 0.25) is 5.91 Å². The van der Waals surface area contributed by atoms with E-state index in [2.05, 4.69) is 20.8 Å². The summed E-state index contributed by atoms with van der Waals surface area (Å²) in [5.74, 6) is 1.35. The van der Waals surface area contributed by atoms with E-state index in [0.29, 0.717) is 17.4 Å². The zero-order chi connectivity index (χ0) is 15.9. The van der Waals surface area contributed by atoms with E-state index in [-0.39, 0.29) is 12.5 Å². The lowest BCUT2D eigenvalue weighted by atomic mass is 10.1. The minimum absolute atomic E-state index is 0.0705. The fourth-order valence-corrected chi connectivity index (χ4v) is 2.20. The largest absolute Gasteiger partial charge is 0.361 e. The van der Waals surface area contributed by atoms with Gasteiger partial charge in [-0.25, -0.2) is 4.98 Å². The highest BCUT2D eigenvalue weighted by atomic mass is 35.5. The van der Waals surface area contributed by atoms with E-state index in [9.17, 15) is 4.79 Å². The van der Waals surface area contributed by atoms with Gasteiger partial charge in [-0.1, -0.05) is 16.8 Å². The SMILES string of the molecule is CCNC(=O)CNc1cc(CCc2cc(C)on2)c(Cl)cn1. The Balaban J connectivity index is 1.95. The molecule has 2 aromatic rings. The number of halogens is 1. The van der Waals surface area contributed by atoms with Crippen molar-refractivity contribution in [3.8, 4) is 0 Å². The maximum atomic E-state index is 11.4. The fraction of sp³-hybridized carbons (Fsp3) is 0.400. The van der Waals surface area contributed by atoms with Gasteiger partial charge < -0.3 is 15.2 Å². The van der Waals surface area contributed by atoms with Crippen molar-refractivity contribution in [3.05, 3.63) is 40.4 Å². The lowest BCUT2D eigenvalue weighted by Gasteiger charge is -2.08. The van der Waals surface area contributed by atoms with E-state index in [4.69, 9.17) is 16.1 Å². The van der Waals surface area contributed by atoms with Crippen LogP contribution in [0.3, 0.4) is 0 Å². The Bertz CT molecular complexity index is 642. The molecule has 6 nitrogen and oxygen atoms in total. The van der Waals surface area contributed by atoms with Crippen molar-refractivity contribution < 1.29 is 9.32 Å². The average Bonchev–Trinajstić information content (AvgIpc) is 2.91. The molecule has 0 aromatic carbocycles. The Morgan fingerprint density at radius 2 is 2.18 bits per heavy atom. The molecular weight excluding hydrogens is 304 g/mol. The van der Waals surface area contributed by atoms with Gasteiger partial charge in [0.25, 0.3) is 0 Å². The first-order valence-electron chi connectivity index (χ1n) is 7.15. The molecule has 1 amide bonds. The first kappa shape index (κ1) is 16.3. The highest BCUT2D eigenvalue weighted by Crippen LogP contribution is 2.20. The van der Waals surface area contributed by atoms with Crippen LogP contribution in [0.25, 0.3) is 0 Å². The van der Waals surface area contributed by atoms with E-state index < -0.39 is 0 Å². The molecule has 0 aliphatic carbocycles. The molecule has 0 radical (unpaired) electrons. The van der Waals surface area contributed by atoms with E-state index in [0.717, 1.165) is 29.9 Å². The number of aryl methyl sites for hydroxylation is 3. The molecule has 0 saturated heterocycles. The summed E-state index contributed by atoms with van der Waals surface area (Å²) in [6.07, 6.45) is 3.05. The van der Waals surface area contributed by atoms with Gasteiger partial charge in [-0.3, -0.25) is 4.79 Å². The molecule has 0 aliphatic rings. The van der Waals surface area contributed by atoms with Crippen LogP contribution in [0.15, 0.2) is 22.9 Å². The van der Waals surface area contributed by atoms with Crippen molar-refractivity contribution in [3.63, 3.8) is 0 Å². The Morgan fingerprint density at radius 3 is 2.86 bits per heavy atom. The molecule has 0 spiro atoms. The Labute approximate surface area is 134 Å².